The van der Waals surface area contributed by atoms with Gasteiger partial charge in [0.05, 0.1) is 5.52 Å². The molecule has 0 atom stereocenters. The number of nitrogens with one attached hydrogen (secondary N) is 1. The van der Waals surface area contributed by atoms with Gasteiger partial charge < -0.3 is 5.11 Å². The summed E-state index contributed by atoms with van der Waals surface area (Å²) < 4.78 is 1.33. The molecule has 0 aliphatic rings. The lowest BCUT2D eigenvalue weighted by Crippen LogP contribution is -2.04. The molecule has 0 aliphatic carbocycles. The average molecular weight is 282 g/mol. The molecule has 2 heterocycles. The van der Waals surface area contributed by atoms with Crippen molar-refractivity contribution >= 4 is 22.7 Å². The number of aromatic nitrogens is 4. The fourth-order valence-electron chi connectivity index (χ4n) is 1.98. The zero-order valence-corrected chi connectivity index (χ0v) is 10.5. The van der Waals surface area contributed by atoms with Gasteiger partial charge in [0, 0.05) is 17.8 Å². The van der Waals surface area contributed by atoms with Crippen molar-refractivity contribution in [3.63, 3.8) is 0 Å². The number of hydrogen-bond acceptors (Lipinski definition) is 6. The van der Waals surface area contributed by atoms with Crippen LogP contribution in [-0.4, -0.2) is 30.8 Å². The van der Waals surface area contributed by atoms with Gasteiger partial charge in [0.25, 0.3) is 5.82 Å². The predicted octanol–water partition coefficient (Wildman–Crippen LogP) is 1.70. The Balaban J connectivity index is 2.36. The normalized spacial score (nSPS) is 10.3. The minimum Gasteiger partial charge on any atom is -0.476 e. The van der Waals surface area contributed by atoms with E-state index < -0.39 is 5.97 Å². The molecule has 2 aromatic heterocycles. The molecule has 3 aromatic rings. The van der Waals surface area contributed by atoms with Crippen LogP contribution in [0.25, 0.3) is 16.7 Å². The Hall–Kier alpha value is -3.45. The van der Waals surface area contributed by atoms with Crippen LogP contribution < -0.4 is 4.91 Å². The minimum absolute atomic E-state index is 0.0812. The Morgan fingerprint density at radius 2 is 2.05 bits per heavy atom. The average Bonchev–Trinajstić information content (AvgIpc) is 2.88. The van der Waals surface area contributed by atoms with Crippen LogP contribution >= 0.6 is 0 Å². The zero-order valence-electron chi connectivity index (χ0n) is 10.5. The molecule has 102 valence electrons. The van der Waals surface area contributed by atoms with Crippen LogP contribution in [0.1, 0.15) is 10.5 Å². The van der Waals surface area contributed by atoms with Crippen molar-refractivity contribution in [2.75, 3.05) is 0 Å². The van der Waals surface area contributed by atoms with Gasteiger partial charge in [-0.15, -0.1) is 0 Å². The number of nitrogens with zero attached hydrogens (tertiary/aromatic N) is 6. The number of carboxylic acids is 1. The third-order valence-electron chi connectivity index (χ3n) is 2.80. The maximum Gasteiger partial charge on any atom is 0.357 e. The van der Waals surface area contributed by atoms with E-state index in [1.807, 2.05) is 0 Å². The molecule has 0 saturated heterocycles. The molecule has 0 unspecified atom stereocenters. The molecule has 3 rings (SSSR count). The summed E-state index contributed by atoms with van der Waals surface area (Å²) in [5.41, 5.74) is 7.26. The van der Waals surface area contributed by atoms with E-state index in [2.05, 4.69) is 25.1 Å². The van der Waals surface area contributed by atoms with Gasteiger partial charge in [0.15, 0.2) is 10.8 Å². The molecule has 0 bridgehead atoms. The van der Waals surface area contributed by atoms with Gasteiger partial charge in [0.2, 0.25) is 10.7 Å². The number of para-hydroxylation sites is 1. The number of carboxylic acid groups (broad SMARTS) is 1. The molecular formula is C12H8N7O2+. The summed E-state index contributed by atoms with van der Waals surface area (Å²) in [4.78, 5) is 22.3. The van der Waals surface area contributed by atoms with Crippen molar-refractivity contribution in [2.24, 2.45) is 5.11 Å². The van der Waals surface area contributed by atoms with Crippen molar-refractivity contribution in [1.29, 1.82) is 5.53 Å². The first-order chi connectivity index (χ1) is 10.2. The smallest absolute Gasteiger partial charge is 0.357 e. The topological polar surface area (TPSA) is 131 Å². The second-order valence-corrected chi connectivity index (χ2v) is 3.99. The minimum atomic E-state index is -1.14. The van der Waals surface area contributed by atoms with Gasteiger partial charge in [-0.25, -0.2) is 19.4 Å². The molecule has 0 spiro atoms. The predicted molar refractivity (Wildman–Crippen MR) is 70.6 cm³/mol. The van der Waals surface area contributed by atoms with E-state index in [0.29, 0.717) is 10.9 Å². The Kier molecular flexibility index (Phi) is 2.94. The van der Waals surface area contributed by atoms with E-state index in [0.717, 1.165) is 0 Å². The lowest BCUT2D eigenvalue weighted by Gasteiger charge is -2.01. The molecular weight excluding hydrogens is 274 g/mol. The SMILES string of the molecule is N=[N+]=Nc1nccnc1-n1nc(C(=O)O)c2ccccc21. The Bertz CT molecular complexity index is 896. The van der Waals surface area contributed by atoms with Gasteiger partial charge in [-0.05, 0) is 6.07 Å². The largest absolute Gasteiger partial charge is 0.476 e. The maximum atomic E-state index is 11.3. The van der Waals surface area contributed by atoms with Crippen LogP contribution in [-0.2, 0) is 0 Å². The number of hydrogen-bond donors (Lipinski definition) is 2. The van der Waals surface area contributed by atoms with E-state index >= 15 is 0 Å². The van der Waals surface area contributed by atoms with Gasteiger partial charge in [-0.2, -0.15) is 5.10 Å². The summed E-state index contributed by atoms with van der Waals surface area (Å²) in [6, 6.07) is 6.85. The Morgan fingerprint density at radius 1 is 1.29 bits per heavy atom. The molecule has 1 aromatic carbocycles. The van der Waals surface area contributed by atoms with Crippen LogP contribution in [0.15, 0.2) is 41.8 Å². The molecule has 9 nitrogen and oxygen atoms in total. The van der Waals surface area contributed by atoms with Crippen molar-refractivity contribution in [3.8, 4) is 5.82 Å². The highest BCUT2D eigenvalue weighted by Gasteiger charge is 2.20. The fraction of sp³-hybridized carbons (Fsp3) is 0. The van der Waals surface area contributed by atoms with Crippen LogP contribution in [0, 0.1) is 5.53 Å². The van der Waals surface area contributed by atoms with Gasteiger partial charge in [-0.3, -0.25) is 0 Å². The molecule has 21 heavy (non-hydrogen) atoms. The molecule has 0 radical (unpaired) electrons. The molecule has 0 fully saturated rings. The first-order valence-corrected chi connectivity index (χ1v) is 5.82. The van der Waals surface area contributed by atoms with Crippen molar-refractivity contribution < 1.29 is 9.90 Å². The number of aromatic carboxylic acids is 1. The van der Waals surface area contributed by atoms with Crippen molar-refractivity contribution in [3.05, 3.63) is 42.4 Å². The third kappa shape index (κ3) is 2.03. The van der Waals surface area contributed by atoms with Crippen LogP contribution in [0.2, 0.25) is 0 Å². The van der Waals surface area contributed by atoms with E-state index in [9.17, 15) is 9.90 Å². The first-order valence-electron chi connectivity index (χ1n) is 5.82. The number of rotatable bonds is 3. The Labute approximate surface area is 117 Å². The lowest BCUT2D eigenvalue weighted by molar-refractivity contribution is 0.0692. The number of carbonyl (C=O) groups is 1. The van der Waals surface area contributed by atoms with Gasteiger partial charge >= 0.3 is 5.97 Å². The molecule has 9 heteroatoms. The highest BCUT2D eigenvalue weighted by molar-refractivity contribution is 6.01. The van der Waals surface area contributed by atoms with Crippen molar-refractivity contribution in [2.45, 2.75) is 0 Å². The quantitative estimate of drug-likeness (QED) is 0.557. The monoisotopic (exact) mass is 282 g/mol. The molecule has 0 aliphatic heterocycles. The second-order valence-electron chi connectivity index (χ2n) is 3.99. The summed E-state index contributed by atoms with van der Waals surface area (Å²) in [6.07, 6.45) is 2.83. The van der Waals surface area contributed by atoms with Crippen LogP contribution in [0.5, 0.6) is 0 Å². The van der Waals surface area contributed by atoms with E-state index in [-0.39, 0.29) is 17.3 Å². The molecule has 2 N–H and O–H groups in total. The number of fused-ring (bicyclic) bond motifs is 1. The summed E-state index contributed by atoms with van der Waals surface area (Å²) >= 11 is 0. The van der Waals surface area contributed by atoms with Gasteiger partial charge in [0.1, 0.15) is 5.53 Å². The number of benzene rings is 1. The fourth-order valence-corrected chi connectivity index (χ4v) is 1.98. The summed E-state index contributed by atoms with van der Waals surface area (Å²) in [6.45, 7) is 0. The van der Waals surface area contributed by atoms with Crippen LogP contribution in [0.3, 0.4) is 0 Å². The van der Waals surface area contributed by atoms with E-state index in [1.54, 1.807) is 24.3 Å². The van der Waals surface area contributed by atoms with Crippen molar-refractivity contribution in [1.82, 2.24) is 24.7 Å². The second kappa shape index (κ2) is 4.91. The standard InChI is InChI=1S/C12H7N7O2/c13-18-16-10-11(15-6-5-14-10)19-8-4-2-1-3-7(8)9(17-19)12(20)21/h1-6,13H/p+1. The summed E-state index contributed by atoms with van der Waals surface area (Å²) in [5, 5.41) is 17.3. The maximum absolute atomic E-state index is 11.3. The lowest BCUT2D eigenvalue weighted by atomic mass is 10.2. The molecule has 0 amide bonds. The van der Waals surface area contributed by atoms with E-state index in [4.69, 9.17) is 5.53 Å². The first kappa shape index (κ1) is 12.6. The van der Waals surface area contributed by atoms with Gasteiger partial charge in [-0.1, -0.05) is 18.2 Å². The van der Waals surface area contributed by atoms with E-state index in [1.165, 1.54) is 17.1 Å². The highest BCUT2D eigenvalue weighted by atomic mass is 16.4. The van der Waals surface area contributed by atoms with Crippen LogP contribution in [0.4, 0.5) is 5.82 Å². The molecule has 0 saturated carbocycles. The third-order valence-corrected chi connectivity index (χ3v) is 2.80. The Morgan fingerprint density at radius 3 is 2.81 bits per heavy atom. The summed E-state index contributed by atoms with van der Waals surface area (Å²) in [7, 11) is 0. The zero-order chi connectivity index (χ0) is 14.8. The highest BCUT2D eigenvalue weighted by Crippen LogP contribution is 2.24. The summed E-state index contributed by atoms with van der Waals surface area (Å²) in [5.74, 6) is -0.854.